The van der Waals surface area contributed by atoms with Gasteiger partial charge in [-0.25, -0.2) is 9.79 Å². The summed E-state index contributed by atoms with van der Waals surface area (Å²) in [6, 6.07) is 5.96. The molecule has 0 fully saturated rings. The third-order valence-corrected chi connectivity index (χ3v) is 5.08. The van der Waals surface area contributed by atoms with Gasteiger partial charge in [-0.3, -0.25) is 13.9 Å². The van der Waals surface area contributed by atoms with E-state index in [1.165, 1.54) is 43.0 Å². The molecule has 0 aliphatic carbocycles. The molecule has 0 aliphatic heterocycles. The maximum Gasteiger partial charge on any atom is 0.573 e. The fourth-order valence-electron chi connectivity index (χ4n) is 3.17. The fourth-order valence-corrected chi connectivity index (χ4v) is 3.17. The lowest BCUT2D eigenvalue weighted by molar-refractivity contribution is -0.274. The molecule has 35 heavy (non-hydrogen) atoms. The van der Waals surface area contributed by atoms with E-state index in [0.29, 0.717) is 17.8 Å². The SMILES string of the molecule is CC.CCCCCC/C(C)=N/c1c(C)c(=O)n(C)c(=O)n1C.CCc1cccc(OC(F)(F)F)c1. The van der Waals surface area contributed by atoms with Crippen LogP contribution >= 0.6 is 0 Å². The van der Waals surface area contributed by atoms with E-state index in [1.54, 1.807) is 26.1 Å². The first kappa shape index (κ1) is 32.2. The first-order chi connectivity index (χ1) is 16.4. The van der Waals surface area contributed by atoms with Crippen molar-refractivity contribution < 1.29 is 17.9 Å². The van der Waals surface area contributed by atoms with Gasteiger partial charge in [0.2, 0.25) is 0 Å². The Bertz CT molecular complexity index is 1020. The van der Waals surface area contributed by atoms with Crippen molar-refractivity contribution in [2.24, 2.45) is 19.1 Å². The van der Waals surface area contributed by atoms with Gasteiger partial charge in [0.05, 0.1) is 5.56 Å². The van der Waals surface area contributed by atoms with Crippen LogP contribution in [0.2, 0.25) is 0 Å². The Morgan fingerprint density at radius 1 is 1.03 bits per heavy atom. The zero-order valence-electron chi connectivity index (χ0n) is 22.3. The van der Waals surface area contributed by atoms with Crippen molar-refractivity contribution in [3.63, 3.8) is 0 Å². The van der Waals surface area contributed by atoms with Crippen LogP contribution in [0.1, 0.15) is 77.8 Å². The van der Waals surface area contributed by atoms with E-state index in [9.17, 15) is 22.8 Å². The lowest BCUT2D eigenvalue weighted by Crippen LogP contribution is -2.38. The van der Waals surface area contributed by atoms with Crippen LogP contribution in [0.25, 0.3) is 0 Å². The molecule has 2 aromatic rings. The molecule has 0 amide bonds. The predicted octanol–water partition coefficient (Wildman–Crippen LogP) is 6.63. The molecule has 2 rings (SSSR count). The molecule has 0 saturated heterocycles. The van der Waals surface area contributed by atoms with Crippen molar-refractivity contribution in [1.82, 2.24) is 9.13 Å². The van der Waals surface area contributed by atoms with Crippen LogP contribution < -0.4 is 16.0 Å². The molecule has 1 heterocycles. The Balaban J connectivity index is 0.000000665. The van der Waals surface area contributed by atoms with Crippen molar-refractivity contribution in [2.75, 3.05) is 0 Å². The summed E-state index contributed by atoms with van der Waals surface area (Å²) < 4.78 is 41.6. The summed E-state index contributed by atoms with van der Waals surface area (Å²) in [4.78, 5) is 28.3. The molecular weight excluding hydrogens is 459 g/mol. The molecule has 9 heteroatoms. The van der Waals surface area contributed by atoms with E-state index in [1.807, 2.05) is 27.7 Å². The Morgan fingerprint density at radius 2 is 1.66 bits per heavy atom. The highest BCUT2D eigenvalue weighted by Crippen LogP contribution is 2.23. The third-order valence-electron chi connectivity index (χ3n) is 5.08. The topological polar surface area (TPSA) is 65.6 Å². The molecule has 0 N–H and O–H groups in total. The maximum atomic E-state index is 11.9. The summed E-state index contributed by atoms with van der Waals surface area (Å²) in [5.74, 6) is 0.318. The van der Waals surface area contributed by atoms with Crippen molar-refractivity contribution in [2.45, 2.75) is 86.4 Å². The smallest absolute Gasteiger partial charge is 0.406 e. The molecule has 6 nitrogen and oxygen atoms in total. The third kappa shape index (κ3) is 11.4. The van der Waals surface area contributed by atoms with Gasteiger partial charge >= 0.3 is 12.1 Å². The van der Waals surface area contributed by atoms with Gasteiger partial charge in [-0.1, -0.05) is 59.1 Å². The van der Waals surface area contributed by atoms with E-state index in [4.69, 9.17) is 0 Å². The predicted molar refractivity (Wildman–Crippen MR) is 137 cm³/mol. The van der Waals surface area contributed by atoms with Crippen LogP contribution in [0.3, 0.4) is 0 Å². The van der Waals surface area contributed by atoms with Gasteiger partial charge in [-0.05, 0) is 50.8 Å². The number of benzene rings is 1. The summed E-state index contributed by atoms with van der Waals surface area (Å²) >= 11 is 0. The normalized spacial score (nSPS) is 11.2. The Hall–Kier alpha value is -2.84. The number of halogens is 3. The number of aromatic nitrogens is 2. The number of alkyl halides is 3. The molecule has 0 unspecified atom stereocenters. The zero-order chi connectivity index (χ0) is 27.2. The molecule has 198 valence electrons. The second-order valence-electron chi connectivity index (χ2n) is 7.86. The minimum atomic E-state index is -4.60. The lowest BCUT2D eigenvalue weighted by atomic mass is 10.1. The molecular formula is C26H40F3N3O3. The van der Waals surface area contributed by atoms with E-state index in [-0.39, 0.29) is 17.0 Å². The summed E-state index contributed by atoms with van der Waals surface area (Å²) in [5.41, 5.74) is 1.69. The number of hydrogen-bond donors (Lipinski definition) is 0. The van der Waals surface area contributed by atoms with E-state index < -0.39 is 6.36 Å². The molecule has 1 aromatic carbocycles. The number of nitrogens with zero attached hydrogens (tertiary/aromatic N) is 3. The molecule has 0 spiro atoms. The molecule has 0 radical (unpaired) electrons. The monoisotopic (exact) mass is 499 g/mol. The molecule has 0 aliphatic rings. The van der Waals surface area contributed by atoms with Gasteiger partial charge in [0.25, 0.3) is 5.56 Å². The van der Waals surface area contributed by atoms with Gasteiger partial charge in [-0.2, -0.15) is 0 Å². The summed E-state index contributed by atoms with van der Waals surface area (Å²) in [7, 11) is 3.14. The van der Waals surface area contributed by atoms with E-state index >= 15 is 0 Å². The minimum absolute atomic E-state index is 0.160. The van der Waals surface area contributed by atoms with Gasteiger partial charge in [0, 0.05) is 19.8 Å². The number of rotatable bonds is 8. The van der Waals surface area contributed by atoms with Gasteiger partial charge in [-0.15, -0.1) is 13.2 Å². The Kier molecular flexibility index (Phi) is 14.7. The Morgan fingerprint density at radius 3 is 2.20 bits per heavy atom. The standard InChI is InChI=1S/C15H25N3O2.C9H9F3O.C2H6/c1-6-7-8-9-10-11(2)16-13-12(3)14(19)18(5)15(20)17(13)4;1-2-7-4-3-5-8(6-7)13-9(10,11)12;1-2/h6-10H2,1-5H3;3-6H,2H2,1H3;1-2H3/b16-11+;;. The van der Waals surface area contributed by atoms with E-state index in [2.05, 4.69) is 16.7 Å². The maximum absolute atomic E-state index is 11.9. The highest BCUT2D eigenvalue weighted by molar-refractivity contribution is 5.84. The van der Waals surface area contributed by atoms with Crippen LogP contribution in [0.4, 0.5) is 19.0 Å². The fraction of sp³-hybridized carbons (Fsp3) is 0.577. The lowest BCUT2D eigenvalue weighted by Gasteiger charge is -2.10. The van der Waals surface area contributed by atoms with Crippen LogP contribution in [0.5, 0.6) is 5.75 Å². The van der Waals surface area contributed by atoms with Crippen LogP contribution in [-0.2, 0) is 20.5 Å². The van der Waals surface area contributed by atoms with Crippen LogP contribution in [0, 0.1) is 6.92 Å². The summed E-state index contributed by atoms with van der Waals surface area (Å²) in [6.07, 6.45) is 1.72. The van der Waals surface area contributed by atoms with Gasteiger partial charge in [0.1, 0.15) is 11.6 Å². The second-order valence-corrected chi connectivity index (χ2v) is 7.86. The Labute approximate surface area is 206 Å². The first-order valence-corrected chi connectivity index (χ1v) is 12.1. The van der Waals surface area contributed by atoms with E-state index in [0.717, 1.165) is 28.7 Å². The molecule has 0 saturated carbocycles. The second kappa shape index (κ2) is 15.9. The van der Waals surface area contributed by atoms with Gasteiger partial charge < -0.3 is 4.74 Å². The number of aliphatic imine (C=N–C) groups is 1. The van der Waals surface area contributed by atoms with Gasteiger partial charge in [0.15, 0.2) is 0 Å². The number of hydrogen-bond acceptors (Lipinski definition) is 4. The zero-order valence-corrected chi connectivity index (χ0v) is 22.3. The number of unbranched alkanes of at least 4 members (excludes halogenated alkanes) is 3. The van der Waals surface area contributed by atoms with Crippen molar-refractivity contribution in [3.05, 3.63) is 56.2 Å². The molecule has 0 bridgehead atoms. The average molecular weight is 500 g/mol. The highest BCUT2D eigenvalue weighted by Gasteiger charge is 2.31. The molecule has 1 aromatic heterocycles. The number of ether oxygens (including phenoxy) is 1. The summed E-state index contributed by atoms with van der Waals surface area (Å²) in [6.45, 7) is 11.7. The van der Waals surface area contributed by atoms with Crippen molar-refractivity contribution in [1.29, 1.82) is 0 Å². The average Bonchev–Trinajstić information content (AvgIpc) is 2.83. The quantitative estimate of drug-likeness (QED) is 0.302. The van der Waals surface area contributed by atoms with Crippen molar-refractivity contribution in [3.8, 4) is 5.75 Å². The highest BCUT2D eigenvalue weighted by atomic mass is 19.4. The largest absolute Gasteiger partial charge is 0.573 e. The number of aryl methyl sites for hydroxylation is 1. The van der Waals surface area contributed by atoms with Crippen LogP contribution in [-0.4, -0.2) is 21.2 Å². The van der Waals surface area contributed by atoms with Crippen LogP contribution in [0.15, 0.2) is 38.8 Å². The minimum Gasteiger partial charge on any atom is -0.406 e. The molecule has 0 atom stereocenters. The van der Waals surface area contributed by atoms with Crippen molar-refractivity contribution >= 4 is 11.5 Å². The first-order valence-electron chi connectivity index (χ1n) is 12.1. The summed E-state index contributed by atoms with van der Waals surface area (Å²) in [5, 5.41) is 0.